The van der Waals surface area contributed by atoms with Crippen molar-refractivity contribution in [2.75, 3.05) is 25.0 Å². The highest BCUT2D eigenvalue weighted by Crippen LogP contribution is 2.26. The number of rotatable bonds is 5. The Labute approximate surface area is 127 Å². The summed E-state index contributed by atoms with van der Waals surface area (Å²) in [7, 11) is 2.18. The predicted octanol–water partition coefficient (Wildman–Crippen LogP) is 2.80. The number of pyridine rings is 1. The van der Waals surface area contributed by atoms with E-state index in [1.54, 1.807) is 0 Å². The first kappa shape index (κ1) is 14.1. The van der Waals surface area contributed by atoms with Crippen molar-refractivity contribution >= 4 is 5.69 Å². The van der Waals surface area contributed by atoms with Gasteiger partial charge in [-0.1, -0.05) is 18.2 Å². The lowest BCUT2D eigenvalue weighted by Gasteiger charge is -2.27. The molecule has 1 aromatic carbocycles. The van der Waals surface area contributed by atoms with Crippen LogP contribution in [0.25, 0.3) is 0 Å². The van der Waals surface area contributed by atoms with Crippen LogP contribution in [0.4, 0.5) is 5.69 Å². The van der Waals surface area contributed by atoms with Crippen LogP contribution in [0.2, 0.25) is 0 Å². The number of aromatic nitrogens is 1. The van der Waals surface area contributed by atoms with E-state index in [4.69, 9.17) is 0 Å². The molecule has 0 unspecified atom stereocenters. The zero-order valence-electron chi connectivity index (χ0n) is 12.7. The second kappa shape index (κ2) is 6.72. The van der Waals surface area contributed by atoms with Crippen molar-refractivity contribution in [2.45, 2.75) is 25.8 Å². The Morgan fingerprint density at radius 2 is 2.19 bits per heavy atom. The van der Waals surface area contributed by atoms with Crippen LogP contribution in [0.1, 0.15) is 23.1 Å². The maximum atomic E-state index is 4.14. The minimum Gasteiger partial charge on any atom is -0.374 e. The molecule has 0 spiro atoms. The number of anilines is 1. The molecular weight excluding hydrogens is 258 g/mol. The van der Waals surface area contributed by atoms with Crippen LogP contribution in [0.3, 0.4) is 0 Å². The summed E-state index contributed by atoms with van der Waals surface area (Å²) < 4.78 is 0. The van der Waals surface area contributed by atoms with Gasteiger partial charge in [-0.2, -0.15) is 0 Å². The predicted molar refractivity (Wildman–Crippen MR) is 87.7 cm³/mol. The van der Waals surface area contributed by atoms with Gasteiger partial charge < -0.3 is 10.2 Å². The lowest BCUT2D eigenvalue weighted by molar-refractivity contribution is 0.682. The van der Waals surface area contributed by atoms with Crippen molar-refractivity contribution in [2.24, 2.45) is 0 Å². The third-order valence-corrected chi connectivity index (χ3v) is 4.14. The van der Waals surface area contributed by atoms with Gasteiger partial charge in [0.05, 0.1) is 0 Å². The van der Waals surface area contributed by atoms with Gasteiger partial charge in [-0.25, -0.2) is 0 Å². The molecule has 0 fully saturated rings. The Hall–Kier alpha value is -1.87. The van der Waals surface area contributed by atoms with E-state index in [1.807, 2.05) is 18.5 Å². The molecule has 0 atom stereocenters. The highest BCUT2D eigenvalue weighted by molar-refractivity contribution is 5.56. The second-order valence-corrected chi connectivity index (χ2v) is 5.78. The number of benzene rings is 1. The summed E-state index contributed by atoms with van der Waals surface area (Å²) in [5.74, 6) is 0. The summed E-state index contributed by atoms with van der Waals surface area (Å²) in [5.41, 5.74) is 5.57. The van der Waals surface area contributed by atoms with E-state index in [-0.39, 0.29) is 0 Å². The minimum atomic E-state index is 0.942. The smallest absolute Gasteiger partial charge is 0.0396 e. The summed E-state index contributed by atoms with van der Waals surface area (Å²) in [5, 5.41) is 3.53. The molecule has 3 heteroatoms. The fraction of sp³-hybridized carbons (Fsp3) is 0.389. The lowest BCUT2D eigenvalue weighted by atomic mass is 9.99. The van der Waals surface area contributed by atoms with Crippen molar-refractivity contribution < 1.29 is 0 Å². The molecule has 0 radical (unpaired) electrons. The minimum absolute atomic E-state index is 0.942. The number of hydrogen-bond acceptors (Lipinski definition) is 3. The zero-order valence-corrected chi connectivity index (χ0v) is 12.7. The molecule has 3 rings (SSSR count). The standard InChI is InChI=1S/C18H23N3/c1-21-11-3-5-17-12-16(6-7-18(17)21)14-20-10-8-15-4-2-9-19-13-15/h2,4,6-7,9,12-13,20H,3,5,8,10-11,14H2,1H3. The molecule has 0 saturated heterocycles. The van der Waals surface area contributed by atoms with Crippen LogP contribution in [0.5, 0.6) is 0 Å². The summed E-state index contributed by atoms with van der Waals surface area (Å²) in [6, 6.07) is 11.0. The average molecular weight is 281 g/mol. The molecule has 1 aliphatic heterocycles. The SMILES string of the molecule is CN1CCCc2cc(CNCCc3cccnc3)ccc21. The van der Waals surface area contributed by atoms with Crippen LogP contribution < -0.4 is 10.2 Å². The molecule has 1 aliphatic rings. The molecule has 1 N–H and O–H groups in total. The van der Waals surface area contributed by atoms with E-state index in [0.29, 0.717) is 0 Å². The van der Waals surface area contributed by atoms with Crippen LogP contribution in [-0.4, -0.2) is 25.1 Å². The molecule has 3 nitrogen and oxygen atoms in total. The van der Waals surface area contributed by atoms with Crippen LogP contribution >= 0.6 is 0 Å². The summed E-state index contributed by atoms with van der Waals surface area (Å²) in [6.07, 6.45) is 7.27. The van der Waals surface area contributed by atoms with Crippen LogP contribution in [0, 0.1) is 0 Å². The molecule has 0 aliphatic carbocycles. The molecule has 2 heterocycles. The third-order valence-electron chi connectivity index (χ3n) is 4.14. The molecule has 0 amide bonds. The van der Waals surface area contributed by atoms with Crippen molar-refractivity contribution in [1.82, 2.24) is 10.3 Å². The van der Waals surface area contributed by atoms with Crippen LogP contribution in [0.15, 0.2) is 42.7 Å². The highest BCUT2D eigenvalue weighted by atomic mass is 15.1. The normalized spacial score (nSPS) is 14.0. The number of fused-ring (bicyclic) bond motifs is 1. The first-order chi connectivity index (χ1) is 10.3. The van der Waals surface area contributed by atoms with Gasteiger partial charge in [0, 0.05) is 38.2 Å². The molecule has 0 saturated carbocycles. The molecule has 0 bridgehead atoms. The van der Waals surface area contributed by atoms with Gasteiger partial charge in [0.15, 0.2) is 0 Å². The highest BCUT2D eigenvalue weighted by Gasteiger charge is 2.13. The van der Waals surface area contributed by atoms with Gasteiger partial charge in [-0.05, 0) is 54.6 Å². The Kier molecular flexibility index (Phi) is 4.51. The average Bonchev–Trinajstić information content (AvgIpc) is 2.53. The van der Waals surface area contributed by atoms with E-state index >= 15 is 0 Å². The Morgan fingerprint density at radius 1 is 1.24 bits per heavy atom. The van der Waals surface area contributed by atoms with Crippen molar-refractivity contribution in [3.8, 4) is 0 Å². The monoisotopic (exact) mass is 281 g/mol. The molecular formula is C18H23N3. The van der Waals surface area contributed by atoms with Crippen molar-refractivity contribution in [3.05, 3.63) is 59.4 Å². The summed E-state index contributed by atoms with van der Waals surface area (Å²) >= 11 is 0. The lowest BCUT2D eigenvalue weighted by Crippen LogP contribution is -2.25. The van der Waals surface area contributed by atoms with Crippen molar-refractivity contribution in [3.63, 3.8) is 0 Å². The van der Waals surface area contributed by atoms with Crippen LogP contribution in [-0.2, 0) is 19.4 Å². The van der Waals surface area contributed by atoms with E-state index in [1.165, 1.54) is 41.8 Å². The largest absolute Gasteiger partial charge is 0.374 e. The van der Waals surface area contributed by atoms with Gasteiger partial charge in [0.1, 0.15) is 0 Å². The zero-order chi connectivity index (χ0) is 14.5. The maximum absolute atomic E-state index is 4.14. The Balaban J connectivity index is 1.52. The first-order valence-electron chi connectivity index (χ1n) is 7.75. The number of hydrogen-bond donors (Lipinski definition) is 1. The van der Waals surface area contributed by atoms with E-state index in [0.717, 1.165) is 19.5 Å². The number of nitrogens with one attached hydrogen (secondary N) is 1. The second-order valence-electron chi connectivity index (χ2n) is 5.78. The Bertz CT molecular complexity index is 580. The van der Waals surface area contributed by atoms with Gasteiger partial charge in [-0.3, -0.25) is 4.98 Å². The van der Waals surface area contributed by atoms with E-state index in [2.05, 4.69) is 46.5 Å². The summed E-state index contributed by atoms with van der Waals surface area (Å²) in [4.78, 5) is 6.50. The third kappa shape index (κ3) is 3.61. The molecule has 110 valence electrons. The topological polar surface area (TPSA) is 28.2 Å². The van der Waals surface area contributed by atoms with Gasteiger partial charge in [0.2, 0.25) is 0 Å². The van der Waals surface area contributed by atoms with Gasteiger partial charge in [0.25, 0.3) is 0 Å². The fourth-order valence-corrected chi connectivity index (χ4v) is 2.96. The van der Waals surface area contributed by atoms with E-state index in [9.17, 15) is 0 Å². The number of aryl methyl sites for hydroxylation is 1. The molecule has 2 aromatic rings. The van der Waals surface area contributed by atoms with Gasteiger partial charge in [-0.15, -0.1) is 0 Å². The first-order valence-corrected chi connectivity index (χ1v) is 7.75. The van der Waals surface area contributed by atoms with Gasteiger partial charge >= 0.3 is 0 Å². The number of nitrogens with zero attached hydrogens (tertiary/aromatic N) is 2. The van der Waals surface area contributed by atoms with Crippen molar-refractivity contribution in [1.29, 1.82) is 0 Å². The molecule has 1 aromatic heterocycles. The summed E-state index contributed by atoms with van der Waals surface area (Å²) in [6.45, 7) is 3.11. The Morgan fingerprint density at radius 3 is 3.05 bits per heavy atom. The van der Waals surface area contributed by atoms with E-state index < -0.39 is 0 Å². The molecule has 21 heavy (non-hydrogen) atoms. The quantitative estimate of drug-likeness (QED) is 0.854. The maximum Gasteiger partial charge on any atom is 0.0396 e. The fourth-order valence-electron chi connectivity index (χ4n) is 2.96.